The molecule has 7 nitrogen and oxygen atoms in total. The van der Waals surface area contributed by atoms with Gasteiger partial charge in [-0.2, -0.15) is 5.10 Å². The lowest BCUT2D eigenvalue weighted by atomic mass is 10.1. The predicted molar refractivity (Wildman–Crippen MR) is 83.9 cm³/mol. The minimum atomic E-state index is -0.678. The number of primary amides is 1. The Labute approximate surface area is 134 Å². The minimum Gasteiger partial charge on any atom is -0.458 e. The Morgan fingerprint density at radius 1 is 1.35 bits per heavy atom. The van der Waals surface area contributed by atoms with E-state index in [-0.39, 0.29) is 24.8 Å². The first-order valence-electron chi connectivity index (χ1n) is 7.65. The van der Waals surface area contributed by atoms with Gasteiger partial charge in [0.2, 0.25) is 5.91 Å². The van der Waals surface area contributed by atoms with Crippen LogP contribution in [0.3, 0.4) is 0 Å². The van der Waals surface area contributed by atoms with E-state index in [4.69, 9.17) is 15.2 Å². The average molecular weight is 317 g/mol. The SMILES string of the molecule is NC(=O)[C@@H]1CC(C(=O)OC[C@@H]2CCCO2)=NN1c1ccccc1. The average Bonchev–Trinajstić information content (AvgIpc) is 3.23. The maximum absolute atomic E-state index is 12.2. The molecule has 0 aromatic heterocycles. The number of benzene rings is 1. The predicted octanol–water partition coefficient (Wildman–Crippen LogP) is 0.829. The Kier molecular flexibility index (Phi) is 4.57. The number of ether oxygens (including phenoxy) is 2. The second kappa shape index (κ2) is 6.78. The van der Waals surface area contributed by atoms with E-state index < -0.39 is 17.9 Å². The number of hydrogen-bond donors (Lipinski definition) is 1. The van der Waals surface area contributed by atoms with Crippen LogP contribution in [0.5, 0.6) is 0 Å². The molecule has 3 rings (SSSR count). The normalized spacial score (nSPS) is 23.7. The van der Waals surface area contributed by atoms with E-state index in [2.05, 4.69) is 5.10 Å². The second-order valence-electron chi connectivity index (χ2n) is 5.58. The van der Waals surface area contributed by atoms with Gasteiger partial charge in [-0.15, -0.1) is 0 Å². The molecule has 0 saturated carbocycles. The number of hydrazone groups is 1. The Hall–Kier alpha value is -2.41. The van der Waals surface area contributed by atoms with Crippen LogP contribution in [-0.4, -0.2) is 42.9 Å². The van der Waals surface area contributed by atoms with Gasteiger partial charge >= 0.3 is 5.97 Å². The van der Waals surface area contributed by atoms with Crippen LogP contribution in [0.15, 0.2) is 35.4 Å². The zero-order valence-corrected chi connectivity index (χ0v) is 12.7. The molecule has 2 atom stereocenters. The monoisotopic (exact) mass is 317 g/mol. The molecule has 1 aromatic carbocycles. The maximum atomic E-state index is 12.2. The summed E-state index contributed by atoms with van der Waals surface area (Å²) in [6.45, 7) is 0.916. The molecule has 23 heavy (non-hydrogen) atoms. The number of esters is 1. The number of amides is 1. The highest BCUT2D eigenvalue weighted by Gasteiger charge is 2.35. The summed E-state index contributed by atoms with van der Waals surface area (Å²) in [6.07, 6.45) is 1.97. The fraction of sp³-hybridized carbons (Fsp3) is 0.438. The van der Waals surface area contributed by atoms with Gasteiger partial charge in [0.15, 0.2) is 0 Å². The fourth-order valence-corrected chi connectivity index (χ4v) is 2.70. The van der Waals surface area contributed by atoms with Gasteiger partial charge < -0.3 is 15.2 Å². The van der Waals surface area contributed by atoms with E-state index >= 15 is 0 Å². The highest BCUT2D eigenvalue weighted by Crippen LogP contribution is 2.24. The lowest BCUT2D eigenvalue weighted by Gasteiger charge is -2.20. The summed E-state index contributed by atoms with van der Waals surface area (Å²) in [5.41, 5.74) is 6.35. The third-order valence-electron chi connectivity index (χ3n) is 3.92. The Balaban J connectivity index is 1.69. The first-order valence-corrected chi connectivity index (χ1v) is 7.65. The van der Waals surface area contributed by atoms with Crippen molar-refractivity contribution in [2.45, 2.75) is 31.4 Å². The molecule has 1 fully saturated rings. The number of para-hydroxylation sites is 1. The molecular formula is C16H19N3O4. The van der Waals surface area contributed by atoms with E-state index in [1.165, 1.54) is 5.01 Å². The van der Waals surface area contributed by atoms with E-state index in [0.29, 0.717) is 12.3 Å². The molecule has 1 amide bonds. The number of nitrogens with two attached hydrogens (primary N) is 1. The highest BCUT2D eigenvalue weighted by molar-refractivity contribution is 6.38. The van der Waals surface area contributed by atoms with Gasteiger partial charge in [-0.05, 0) is 25.0 Å². The van der Waals surface area contributed by atoms with Crippen molar-refractivity contribution in [2.24, 2.45) is 10.8 Å². The summed E-state index contributed by atoms with van der Waals surface area (Å²) in [4.78, 5) is 23.8. The molecule has 0 radical (unpaired) electrons. The van der Waals surface area contributed by atoms with Crippen molar-refractivity contribution in [2.75, 3.05) is 18.2 Å². The van der Waals surface area contributed by atoms with Gasteiger partial charge in [-0.3, -0.25) is 9.80 Å². The van der Waals surface area contributed by atoms with Crippen molar-refractivity contribution < 1.29 is 19.1 Å². The number of carbonyl (C=O) groups is 2. The summed E-state index contributed by atoms with van der Waals surface area (Å²) >= 11 is 0. The Bertz CT molecular complexity index is 611. The Morgan fingerprint density at radius 3 is 2.78 bits per heavy atom. The Morgan fingerprint density at radius 2 is 2.13 bits per heavy atom. The van der Waals surface area contributed by atoms with Crippen LogP contribution in [0.4, 0.5) is 5.69 Å². The molecule has 1 saturated heterocycles. The molecule has 0 spiro atoms. The van der Waals surface area contributed by atoms with E-state index in [0.717, 1.165) is 12.8 Å². The zero-order chi connectivity index (χ0) is 16.2. The van der Waals surface area contributed by atoms with Crippen molar-refractivity contribution in [3.05, 3.63) is 30.3 Å². The second-order valence-corrected chi connectivity index (χ2v) is 5.58. The van der Waals surface area contributed by atoms with Crippen LogP contribution in [0.2, 0.25) is 0 Å². The lowest BCUT2D eigenvalue weighted by Crippen LogP contribution is -2.39. The van der Waals surface area contributed by atoms with Gasteiger partial charge in [0.05, 0.1) is 11.8 Å². The molecule has 122 valence electrons. The molecule has 2 aliphatic rings. The first-order chi connectivity index (χ1) is 11.1. The van der Waals surface area contributed by atoms with Crippen LogP contribution in [0, 0.1) is 0 Å². The van der Waals surface area contributed by atoms with E-state index in [1.807, 2.05) is 18.2 Å². The summed E-state index contributed by atoms with van der Waals surface area (Å²) in [5, 5.41) is 5.72. The van der Waals surface area contributed by atoms with Crippen molar-refractivity contribution in [3.63, 3.8) is 0 Å². The molecule has 2 N–H and O–H groups in total. The van der Waals surface area contributed by atoms with Gasteiger partial charge in [0.1, 0.15) is 18.4 Å². The van der Waals surface area contributed by atoms with Gasteiger partial charge in [-0.25, -0.2) is 4.79 Å². The first kappa shape index (κ1) is 15.5. The highest BCUT2D eigenvalue weighted by atomic mass is 16.6. The molecule has 1 aromatic rings. The van der Waals surface area contributed by atoms with Crippen molar-refractivity contribution in [1.82, 2.24) is 0 Å². The van der Waals surface area contributed by atoms with Crippen LogP contribution in [0.1, 0.15) is 19.3 Å². The number of rotatable bonds is 5. The molecular weight excluding hydrogens is 298 g/mol. The van der Waals surface area contributed by atoms with Crippen LogP contribution < -0.4 is 10.7 Å². The van der Waals surface area contributed by atoms with Crippen molar-refractivity contribution in [1.29, 1.82) is 0 Å². The third kappa shape index (κ3) is 3.50. The number of carbonyl (C=O) groups excluding carboxylic acids is 2. The van der Waals surface area contributed by atoms with Crippen LogP contribution in [-0.2, 0) is 19.1 Å². The number of hydrogen-bond acceptors (Lipinski definition) is 6. The quantitative estimate of drug-likeness (QED) is 0.812. The summed E-state index contributed by atoms with van der Waals surface area (Å²) in [6, 6.07) is 8.45. The fourth-order valence-electron chi connectivity index (χ4n) is 2.70. The topological polar surface area (TPSA) is 94.2 Å². The van der Waals surface area contributed by atoms with Crippen LogP contribution >= 0.6 is 0 Å². The van der Waals surface area contributed by atoms with E-state index in [1.54, 1.807) is 12.1 Å². The number of nitrogens with zero attached hydrogens (tertiary/aromatic N) is 2. The molecule has 2 aliphatic heterocycles. The lowest BCUT2D eigenvalue weighted by molar-refractivity contribution is -0.138. The molecule has 7 heteroatoms. The van der Waals surface area contributed by atoms with Crippen molar-refractivity contribution >= 4 is 23.3 Å². The molecule has 0 unspecified atom stereocenters. The van der Waals surface area contributed by atoms with Gasteiger partial charge in [0.25, 0.3) is 0 Å². The van der Waals surface area contributed by atoms with Crippen LogP contribution in [0.25, 0.3) is 0 Å². The third-order valence-corrected chi connectivity index (χ3v) is 3.92. The largest absolute Gasteiger partial charge is 0.458 e. The molecule has 0 aliphatic carbocycles. The molecule has 2 heterocycles. The number of anilines is 1. The van der Waals surface area contributed by atoms with Gasteiger partial charge in [-0.1, -0.05) is 18.2 Å². The molecule has 0 bridgehead atoms. The summed E-state index contributed by atoms with van der Waals surface area (Å²) < 4.78 is 10.7. The van der Waals surface area contributed by atoms with E-state index in [9.17, 15) is 9.59 Å². The zero-order valence-electron chi connectivity index (χ0n) is 12.7. The smallest absolute Gasteiger partial charge is 0.354 e. The summed E-state index contributed by atoms with van der Waals surface area (Å²) in [7, 11) is 0. The summed E-state index contributed by atoms with van der Waals surface area (Å²) in [5.74, 6) is -1.05. The van der Waals surface area contributed by atoms with Crippen molar-refractivity contribution in [3.8, 4) is 0 Å². The standard InChI is InChI=1S/C16H19N3O4/c17-15(20)14-9-13(16(21)23-10-12-7-4-8-22-12)18-19(14)11-5-2-1-3-6-11/h1-3,5-6,12,14H,4,7-10H2,(H2,17,20)/t12-,14-/m0/s1. The minimum absolute atomic E-state index is 0.0434. The van der Waals surface area contributed by atoms with Gasteiger partial charge in [0, 0.05) is 13.0 Å². The maximum Gasteiger partial charge on any atom is 0.354 e.